The summed E-state index contributed by atoms with van der Waals surface area (Å²) in [7, 11) is 0. The Hall–Kier alpha value is -1.77. The number of β-lactam (4-membered cyclic amide) rings is 1. The summed E-state index contributed by atoms with van der Waals surface area (Å²) in [6, 6.07) is 5.64. The zero-order valence-electron chi connectivity index (χ0n) is 17.9. The number of aliphatic carboxylic acids is 1. The van der Waals surface area contributed by atoms with Gasteiger partial charge in [-0.3, -0.25) is 19.8 Å². The van der Waals surface area contributed by atoms with E-state index in [9.17, 15) is 34.7 Å². The van der Waals surface area contributed by atoms with Gasteiger partial charge in [0.25, 0.3) is 5.69 Å². The van der Waals surface area contributed by atoms with E-state index in [-0.39, 0.29) is 54.1 Å². The van der Waals surface area contributed by atoms with Crippen molar-refractivity contribution in [1.82, 2.24) is 10.2 Å². The number of fused-ring (bicyclic) bond motifs is 1. The number of hydrogen-bond acceptors (Lipinski definition) is 10. The van der Waals surface area contributed by atoms with Crippen LogP contribution in [0.4, 0.5) is 10.5 Å². The van der Waals surface area contributed by atoms with Crippen LogP contribution in [0.25, 0.3) is 0 Å². The molecule has 33 heavy (non-hydrogen) atoms. The summed E-state index contributed by atoms with van der Waals surface area (Å²) in [6.07, 6.45) is -1.52. The minimum atomic E-state index is -1.43. The van der Waals surface area contributed by atoms with Crippen molar-refractivity contribution in [3.05, 3.63) is 50.5 Å². The number of nitrogens with zero attached hydrogens (tertiary/aromatic N) is 2. The predicted molar refractivity (Wildman–Crippen MR) is 114 cm³/mol. The van der Waals surface area contributed by atoms with Gasteiger partial charge in [-0.15, -0.1) is 11.8 Å². The van der Waals surface area contributed by atoms with Crippen molar-refractivity contribution in [1.29, 1.82) is 0 Å². The smallest absolute Gasteiger partial charge is 0.543 e. The van der Waals surface area contributed by atoms with Gasteiger partial charge in [0.15, 0.2) is 0 Å². The molecule has 0 saturated carbocycles. The second-order valence-corrected chi connectivity index (χ2v) is 9.34. The summed E-state index contributed by atoms with van der Waals surface area (Å²) >= 11 is 2.61. The number of carboxylic acid groups (broad SMARTS) is 1. The van der Waals surface area contributed by atoms with Gasteiger partial charge in [0, 0.05) is 35.1 Å². The third-order valence-electron chi connectivity index (χ3n) is 4.83. The van der Waals surface area contributed by atoms with Crippen LogP contribution in [-0.2, 0) is 20.9 Å². The molecule has 2 aliphatic rings. The summed E-state index contributed by atoms with van der Waals surface area (Å²) in [5.74, 6) is -1.70. The molecule has 0 radical (unpaired) electrons. The summed E-state index contributed by atoms with van der Waals surface area (Å²) < 4.78 is 5.04. The van der Waals surface area contributed by atoms with Gasteiger partial charge < -0.3 is 25.1 Å². The topological polar surface area (TPSA) is 162 Å². The number of nitro benzene ring substituents is 1. The Kier molecular flexibility index (Phi) is 10.1. The van der Waals surface area contributed by atoms with Crippen LogP contribution in [0.1, 0.15) is 12.5 Å². The predicted octanol–water partition coefficient (Wildman–Crippen LogP) is -2.57. The molecule has 172 valence electrons. The van der Waals surface area contributed by atoms with Crippen LogP contribution in [0.15, 0.2) is 34.9 Å². The Balaban J connectivity index is 0.00000385. The van der Waals surface area contributed by atoms with Crippen molar-refractivity contribution in [2.24, 2.45) is 5.92 Å². The number of alkyl carbamates (subject to hydrolysis) is 1. The number of amides is 2. The fourth-order valence-corrected chi connectivity index (χ4v) is 5.87. The number of nitro groups is 1. The summed E-state index contributed by atoms with van der Waals surface area (Å²) in [5.41, 5.74) is 0.405. The van der Waals surface area contributed by atoms with Gasteiger partial charge in [0.05, 0.1) is 28.6 Å². The molecule has 3 atom stereocenters. The fraction of sp³-hybridized carbons (Fsp3) is 0.421. The standard InChI is InChI=1S/C19H21N3O8S2.Na/c1-10(23)14-16(24)21-15(18(25)26)13(32-17(14)21)9-31-7-6-20-19(27)30-8-11-2-4-12(5-3-11)22(28)29;/h2-5,10,14,17,23H,6-9H2,1H3,(H,20,27)(H,25,26);/q;+1/p-1/t10-,14+,17-;/m1./s1. The molecule has 2 heterocycles. The van der Waals surface area contributed by atoms with E-state index in [4.69, 9.17) is 4.74 Å². The Labute approximate surface area is 219 Å². The van der Waals surface area contributed by atoms with E-state index in [0.717, 1.165) is 0 Å². The summed E-state index contributed by atoms with van der Waals surface area (Å²) in [4.78, 5) is 47.2. The van der Waals surface area contributed by atoms with E-state index in [0.29, 0.717) is 22.0 Å². The average molecular weight is 506 g/mol. The van der Waals surface area contributed by atoms with E-state index in [1.165, 1.54) is 59.6 Å². The number of hydrogen-bond donors (Lipinski definition) is 2. The van der Waals surface area contributed by atoms with Crippen molar-refractivity contribution < 1.29 is 63.8 Å². The van der Waals surface area contributed by atoms with E-state index >= 15 is 0 Å². The Bertz CT molecular complexity index is 957. The molecule has 2 N–H and O–H groups in total. The molecule has 0 unspecified atom stereocenters. The first-order chi connectivity index (χ1) is 15.2. The van der Waals surface area contributed by atoms with Crippen LogP contribution >= 0.6 is 23.5 Å². The van der Waals surface area contributed by atoms with Gasteiger partial charge >= 0.3 is 35.7 Å². The third-order valence-corrected chi connectivity index (χ3v) is 7.37. The van der Waals surface area contributed by atoms with E-state index in [1.807, 2.05) is 0 Å². The number of ether oxygens (including phenoxy) is 1. The molecular weight excluding hydrogens is 485 g/mol. The number of aliphatic hydroxyl groups excluding tert-OH is 1. The molecule has 2 aliphatic heterocycles. The van der Waals surface area contributed by atoms with Crippen molar-refractivity contribution in [3.63, 3.8) is 0 Å². The van der Waals surface area contributed by atoms with Crippen LogP contribution in [-0.4, -0.2) is 62.4 Å². The molecule has 3 rings (SSSR count). The molecule has 11 nitrogen and oxygen atoms in total. The molecule has 0 bridgehead atoms. The number of carbonyl (C=O) groups is 3. The Morgan fingerprint density at radius 1 is 1.36 bits per heavy atom. The number of aliphatic hydroxyl groups is 1. The van der Waals surface area contributed by atoms with Gasteiger partial charge in [0.1, 0.15) is 12.0 Å². The number of non-ortho nitro benzene ring substituents is 1. The van der Waals surface area contributed by atoms with Crippen molar-refractivity contribution in [2.45, 2.75) is 25.0 Å². The maximum absolute atomic E-state index is 12.1. The van der Waals surface area contributed by atoms with Gasteiger partial charge in [-0.05, 0) is 24.6 Å². The van der Waals surface area contributed by atoms with Gasteiger partial charge in [-0.25, -0.2) is 4.79 Å². The molecule has 14 heteroatoms. The molecular formula is C19H20N3NaO8S2. The summed E-state index contributed by atoms with van der Waals surface area (Å²) in [6.45, 7) is 1.73. The number of nitrogens with one attached hydrogen (secondary N) is 1. The molecule has 0 spiro atoms. The average Bonchev–Trinajstić information content (AvgIpc) is 3.06. The number of carboxylic acids is 1. The Morgan fingerprint density at radius 3 is 2.61 bits per heavy atom. The molecule has 1 fully saturated rings. The monoisotopic (exact) mass is 505 g/mol. The first-order valence-corrected chi connectivity index (χ1v) is 11.6. The number of thioether (sulfide) groups is 2. The normalized spacial score (nSPS) is 19.8. The molecule has 1 saturated heterocycles. The number of benzene rings is 1. The second-order valence-electron chi connectivity index (χ2n) is 7.02. The van der Waals surface area contributed by atoms with Crippen LogP contribution < -0.4 is 40.0 Å². The quantitative estimate of drug-likeness (QED) is 0.114. The van der Waals surface area contributed by atoms with Crippen LogP contribution in [0.5, 0.6) is 0 Å². The van der Waals surface area contributed by atoms with E-state index in [2.05, 4.69) is 5.32 Å². The van der Waals surface area contributed by atoms with E-state index in [1.54, 1.807) is 0 Å². The summed E-state index contributed by atoms with van der Waals surface area (Å²) in [5, 5.41) is 34.0. The van der Waals surface area contributed by atoms with Gasteiger partial charge in [-0.1, -0.05) is 0 Å². The number of rotatable bonds is 10. The van der Waals surface area contributed by atoms with Gasteiger partial charge in [-0.2, -0.15) is 11.8 Å². The SMILES string of the molecule is C[C@@H](O)[C@H]1C(=O)N2C(C(=O)[O-])=C(CSCCNC(=O)OCc3ccc([N+](=O)[O-])cc3)S[C@H]12.[Na+]. The van der Waals surface area contributed by atoms with Crippen LogP contribution in [0.3, 0.4) is 0 Å². The molecule has 1 aromatic carbocycles. The van der Waals surface area contributed by atoms with Crippen LogP contribution in [0.2, 0.25) is 0 Å². The first kappa shape index (κ1) is 27.5. The van der Waals surface area contributed by atoms with Crippen LogP contribution in [0, 0.1) is 16.0 Å². The van der Waals surface area contributed by atoms with E-state index < -0.39 is 40.3 Å². The van der Waals surface area contributed by atoms with Crippen molar-refractivity contribution >= 4 is 47.2 Å². The van der Waals surface area contributed by atoms with Crippen molar-refractivity contribution in [2.75, 3.05) is 18.1 Å². The number of carbonyl (C=O) groups excluding carboxylic acids is 3. The minimum absolute atomic E-state index is 0. The van der Waals surface area contributed by atoms with Crippen molar-refractivity contribution in [3.8, 4) is 0 Å². The maximum atomic E-state index is 12.1. The van der Waals surface area contributed by atoms with Gasteiger partial charge in [0.2, 0.25) is 5.91 Å². The zero-order chi connectivity index (χ0) is 23.4. The fourth-order valence-electron chi connectivity index (χ4n) is 3.25. The molecule has 1 aromatic rings. The largest absolute Gasteiger partial charge is 1.00 e. The maximum Gasteiger partial charge on any atom is 1.00 e. The molecule has 0 aromatic heterocycles. The Morgan fingerprint density at radius 2 is 2.03 bits per heavy atom. The minimum Gasteiger partial charge on any atom is -0.543 e. The second kappa shape index (κ2) is 12.1. The molecule has 2 amide bonds. The zero-order valence-corrected chi connectivity index (χ0v) is 21.5. The first-order valence-electron chi connectivity index (χ1n) is 9.54. The third kappa shape index (κ3) is 6.43. The molecule has 0 aliphatic carbocycles.